The number of aliphatic carboxylic acids is 1. The molecule has 1 N–H and O–H groups in total. The van der Waals surface area contributed by atoms with Gasteiger partial charge in [-0.2, -0.15) is 0 Å². The zero-order valence-corrected chi connectivity index (χ0v) is 9.45. The highest BCUT2D eigenvalue weighted by Gasteiger charge is 2.18. The summed E-state index contributed by atoms with van der Waals surface area (Å²) in [6.45, 7) is 5.28. The molecule has 0 amide bonds. The summed E-state index contributed by atoms with van der Waals surface area (Å²) in [5, 5.41) is 8.57. The molecule has 0 spiro atoms. The molecule has 0 radical (unpaired) electrons. The van der Waals surface area contributed by atoms with E-state index in [1.54, 1.807) is 0 Å². The highest BCUT2D eigenvalue weighted by molar-refractivity contribution is 6.00. The second-order valence-corrected chi connectivity index (χ2v) is 4.30. The molecule has 0 rings (SSSR count). The Balaban J connectivity index is 3.94. The summed E-state index contributed by atoms with van der Waals surface area (Å²) in [6.07, 6.45) is 0.197. The van der Waals surface area contributed by atoms with E-state index in [9.17, 15) is 14.4 Å². The molecule has 1 atom stereocenters. The fraction of sp³-hybridized carbons (Fsp3) is 0.727. The standard InChI is InChI=1S/C11H18O4/c1-7(2)4-9(12)6-10(13)5-8(3)11(14)15/h7-8H,4-6H2,1-3H3,(H,14,15). The van der Waals surface area contributed by atoms with Crippen molar-refractivity contribution in [2.45, 2.75) is 40.0 Å². The number of Topliss-reactive ketones (excluding diaryl/α,β-unsaturated/α-hetero) is 2. The lowest BCUT2D eigenvalue weighted by molar-refractivity contribution is -0.143. The van der Waals surface area contributed by atoms with Crippen LogP contribution in [0.25, 0.3) is 0 Å². The van der Waals surface area contributed by atoms with Crippen LogP contribution in [0, 0.1) is 11.8 Å². The van der Waals surface area contributed by atoms with E-state index in [2.05, 4.69) is 0 Å². The van der Waals surface area contributed by atoms with E-state index in [0.717, 1.165) is 0 Å². The second kappa shape index (κ2) is 6.32. The maximum atomic E-state index is 11.3. The molecule has 4 heteroatoms. The highest BCUT2D eigenvalue weighted by Crippen LogP contribution is 2.08. The number of carboxylic acid groups (broad SMARTS) is 1. The van der Waals surface area contributed by atoms with E-state index in [4.69, 9.17) is 5.11 Å². The van der Waals surface area contributed by atoms with E-state index in [1.165, 1.54) is 6.92 Å². The molecular formula is C11H18O4. The van der Waals surface area contributed by atoms with Crippen molar-refractivity contribution in [3.63, 3.8) is 0 Å². The van der Waals surface area contributed by atoms with Gasteiger partial charge in [-0.25, -0.2) is 0 Å². The third kappa shape index (κ3) is 6.82. The Morgan fingerprint density at radius 1 is 1.00 bits per heavy atom. The lowest BCUT2D eigenvalue weighted by atomic mass is 9.98. The summed E-state index contributed by atoms with van der Waals surface area (Å²) in [6, 6.07) is 0. The van der Waals surface area contributed by atoms with Crippen molar-refractivity contribution in [3.8, 4) is 0 Å². The molecule has 0 aliphatic carbocycles. The molecular weight excluding hydrogens is 196 g/mol. The Hall–Kier alpha value is -1.19. The summed E-state index contributed by atoms with van der Waals surface area (Å²) in [5.74, 6) is -1.85. The molecule has 1 unspecified atom stereocenters. The molecule has 0 heterocycles. The average Bonchev–Trinajstić information content (AvgIpc) is 2.00. The predicted octanol–water partition coefficient (Wildman–Crippen LogP) is 1.67. The lowest BCUT2D eigenvalue weighted by Crippen LogP contribution is -2.17. The molecule has 0 aliphatic heterocycles. The maximum absolute atomic E-state index is 11.3. The zero-order valence-electron chi connectivity index (χ0n) is 9.45. The van der Waals surface area contributed by atoms with Crippen molar-refractivity contribution in [1.29, 1.82) is 0 Å². The topological polar surface area (TPSA) is 71.4 Å². The van der Waals surface area contributed by atoms with E-state index < -0.39 is 11.9 Å². The number of ketones is 2. The van der Waals surface area contributed by atoms with Gasteiger partial charge in [0.2, 0.25) is 0 Å². The Morgan fingerprint density at radius 3 is 1.87 bits per heavy atom. The SMILES string of the molecule is CC(C)CC(=O)CC(=O)CC(C)C(=O)O. The maximum Gasteiger partial charge on any atom is 0.306 e. The third-order valence-corrected chi connectivity index (χ3v) is 1.99. The Kier molecular flexibility index (Phi) is 5.82. The number of carboxylic acids is 1. The van der Waals surface area contributed by atoms with Gasteiger partial charge in [-0.15, -0.1) is 0 Å². The molecule has 4 nitrogen and oxygen atoms in total. The molecule has 0 aromatic heterocycles. The summed E-state index contributed by atoms with van der Waals surface area (Å²) in [5.41, 5.74) is 0. The van der Waals surface area contributed by atoms with Crippen LogP contribution in [0.4, 0.5) is 0 Å². The third-order valence-electron chi connectivity index (χ3n) is 1.99. The van der Waals surface area contributed by atoms with Gasteiger partial charge in [0, 0.05) is 12.8 Å². The van der Waals surface area contributed by atoms with Gasteiger partial charge >= 0.3 is 5.97 Å². The fourth-order valence-electron chi connectivity index (χ4n) is 1.25. The van der Waals surface area contributed by atoms with Crippen molar-refractivity contribution in [3.05, 3.63) is 0 Å². The van der Waals surface area contributed by atoms with Gasteiger partial charge in [0.05, 0.1) is 12.3 Å². The van der Waals surface area contributed by atoms with Gasteiger partial charge in [-0.05, 0) is 5.92 Å². The molecule has 15 heavy (non-hydrogen) atoms. The minimum absolute atomic E-state index is 0.0564. The Bertz CT molecular complexity index is 255. The van der Waals surface area contributed by atoms with E-state index in [0.29, 0.717) is 6.42 Å². The highest BCUT2D eigenvalue weighted by atomic mass is 16.4. The van der Waals surface area contributed by atoms with Crippen LogP contribution in [-0.4, -0.2) is 22.6 Å². The van der Waals surface area contributed by atoms with E-state index >= 15 is 0 Å². The van der Waals surface area contributed by atoms with Gasteiger partial charge in [-0.1, -0.05) is 20.8 Å². The first-order valence-electron chi connectivity index (χ1n) is 5.09. The van der Waals surface area contributed by atoms with Crippen molar-refractivity contribution in [1.82, 2.24) is 0 Å². The van der Waals surface area contributed by atoms with Crippen molar-refractivity contribution >= 4 is 17.5 Å². The molecule has 0 aliphatic rings. The molecule has 0 fully saturated rings. The predicted molar refractivity (Wildman–Crippen MR) is 55.5 cm³/mol. The number of hydrogen-bond acceptors (Lipinski definition) is 3. The summed E-state index contributed by atoms with van der Waals surface area (Å²) < 4.78 is 0. The van der Waals surface area contributed by atoms with Crippen LogP contribution in [0.3, 0.4) is 0 Å². The van der Waals surface area contributed by atoms with Crippen molar-refractivity contribution in [2.75, 3.05) is 0 Å². The summed E-state index contributed by atoms with van der Waals surface area (Å²) >= 11 is 0. The summed E-state index contributed by atoms with van der Waals surface area (Å²) in [7, 11) is 0. The quantitative estimate of drug-likeness (QED) is 0.654. The van der Waals surface area contributed by atoms with Crippen LogP contribution >= 0.6 is 0 Å². The molecule has 0 saturated carbocycles. The van der Waals surface area contributed by atoms with E-state index in [1.807, 2.05) is 13.8 Å². The molecule has 0 aromatic rings. The average molecular weight is 214 g/mol. The van der Waals surface area contributed by atoms with Crippen LogP contribution in [0.15, 0.2) is 0 Å². The first-order chi connectivity index (χ1) is 6.82. The first kappa shape index (κ1) is 13.8. The van der Waals surface area contributed by atoms with E-state index in [-0.39, 0.29) is 30.3 Å². The molecule has 0 aromatic carbocycles. The van der Waals surface area contributed by atoms with Crippen molar-refractivity contribution < 1.29 is 19.5 Å². The first-order valence-corrected chi connectivity index (χ1v) is 5.09. The van der Waals surface area contributed by atoms with Gasteiger partial charge in [-0.3, -0.25) is 14.4 Å². The van der Waals surface area contributed by atoms with Gasteiger partial charge < -0.3 is 5.11 Å². The van der Waals surface area contributed by atoms with Gasteiger partial charge in [0.1, 0.15) is 11.6 Å². The van der Waals surface area contributed by atoms with Crippen LogP contribution in [-0.2, 0) is 14.4 Å². The lowest BCUT2D eigenvalue weighted by Gasteiger charge is -2.05. The van der Waals surface area contributed by atoms with Gasteiger partial charge in [0.25, 0.3) is 0 Å². The minimum atomic E-state index is -1.00. The smallest absolute Gasteiger partial charge is 0.306 e. The van der Waals surface area contributed by atoms with Crippen LogP contribution in [0.2, 0.25) is 0 Å². The fourth-order valence-corrected chi connectivity index (χ4v) is 1.25. The van der Waals surface area contributed by atoms with Gasteiger partial charge in [0.15, 0.2) is 0 Å². The number of carbonyl (C=O) groups excluding carboxylic acids is 2. The Morgan fingerprint density at radius 2 is 1.47 bits per heavy atom. The van der Waals surface area contributed by atoms with Crippen molar-refractivity contribution in [2.24, 2.45) is 11.8 Å². The summed E-state index contributed by atoms with van der Waals surface area (Å²) in [4.78, 5) is 33.0. The number of rotatable bonds is 7. The monoisotopic (exact) mass is 214 g/mol. The normalized spacial score (nSPS) is 12.5. The molecule has 86 valence electrons. The number of carbonyl (C=O) groups is 3. The molecule has 0 saturated heterocycles. The zero-order chi connectivity index (χ0) is 12.0. The van der Waals surface area contributed by atoms with Crippen LogP contribution in [0.1, 0.15) is 40.0 Å². The minimum Gasteiger partial charge on any atom is -0.481 e. The van der Waals surface area contributed by atoms with Crippen LogP contribution < -0.4 is 0 Å². The Labute approximate surface area is 89.7 Å². The second-order valence-electron chi connectivity index (χ2n) is 4.30. The number of hydrogen-bond donors (Lipinski definition) is 1. The largest absolute Gasteiger partial charge is 0.481 e. The van der Waals surface area contributed by atoms with Crippen LogP contribution in [0.5, 0.6) is 0 Å². The molecule has 0 bridgehead atoms.